The van der Waals surface area contributed by atoms with Crippen LogP contribution >= 0.6 is 0 Å². The molecule has 1 aromatic carbocycles. The van der Waals surface area contributed by atoms with Crippen molar-refractivity contribution in [3.63, 3.8) is 0 Å². The summed E-state index contributed by atoms with van der Waals surface area (Å²) < 4.78 is 30.0. The van der Waals surface area contributed by atoms with Crippen molar-refractivity contribution < 1.29 is 13.6 Å². The first-order chi connectivity index (χ1) is 16.7. The molecule has 6 nitrogen and oxygen atoms in total. The summed E-state index contributed by atoms with van der Waals surface area (Å²) in [5.74, 6) is -0.619. The number of imidazole rings is 1. The Labute approximate surface area is 207 Å². The van der Waals surface area contributed by atoms with Crippen molar-refractivity contribution >= 4 is 11.7 Å². The maximum atomic E-state index is 14.3. The lowest BCUT2D eigenvalue weighted by Crippen LogP contribution is -2.48. The second-order valence-corrected chi connectivity index (χ2v) is 10.8. The van der Waals surface area contributed by atoms with E-state index in [1.165, 1.54) is 25.3 Å². The van der Waals surface area contributed by atoms with Gasteiger partial charge in [-0.15, -0.1) is 0 Å². The van der Waals surface area contributed by atoms with Crippen LogP contribution in [0.15, 0.2) is 24.7 Å². The molecule has 1 aliphatic heterocycles. The summed E-state index contributed by atoms with van der Waals surface area (Å²) in [4.78, 5) is 20.1. The van der Waals surface area contributed by atoms with Gasteiger partial charge in [0, 0.05) is 24.8 Å². The van der Waals surface area contributed by atoms with Crippen LogP contribution in [0.5, 0.6) is 0 Å². The maximum Gasteiger partial charge on any atom is 0.242 e. The van der Waals surface area contributed by atoms with Crippen molar-refractivity contribution in [2.45, 2.75) is 89.8 Å². The van der Waals surface area contributed by atoms with Crippen LogP contribution in [0.1, 0.15) is 70.4 Å². The van der Waals surface area contributed by atoms with E-state index in [0.717, 1.165) is 44.1 Å². The molecule has 8 heteroatoms. The molecule has 1 aliphatic carbocycles. The van der Waals surface area contributed by atoms with Crippen molar-refractivity contribution in [3.05, 3.63) is 47.4 Å². The minimum Gasteiger partial charge on any atom is -0.328 e. The van der Waals surface area contributed by atoms with Crippen LogP contribution in [0.25, 0.3) is 0 Å². The van der Waals surface area contributed by atoms with Gasteiger partial charge >= 0.3 is 0 Å². The number of nitrogens with one attached hydrogen (secondary N) is 2. The molecule has 1 aromatic heterocycles. The molecule has 0 spiro atoms. The largest absolute Gasteiger partial charge is 0.328 e. The molecule has 1 saturated heterocycles. The first-order valence-corrected chi connectivity index (χ1v) is 13.1. The second-order valence-electron chi connectivity index (χ2n) is 10.8. The van der Waals surface area contributed by atoms with Crippen LogP contribution < -0.4 is 10.6 Å². The molecule has 1 fully saturated rings. The van der Waals surface area contributed by atoms with E-state index < -0.39 is 17.7 Å². The quantitative estimate of drug-likeness (QED) is 0.541. The number of aryl methyl sites for hydroxylation is 1. The number of hydrogen-bond acceptors (Lipinski definition) is 4. The molecule has 35 heavy (non-hydrogen) atoms. The summed E-state index contributed by atoms with van der Waals surface area (Å²) in [5.41, 5.74) is 1.16. The molecule has 2 aliphatic rings. The predicted molar refractivity (Wildman–Crippen MR) is 134 cm³/mol. The van der Waals surface area contributed by atoms with Crippen molar-refractivity contribution in [2.24, 2.45) is 0 Å². The number of anilines is 1. The fraction of sp³-hybridized carbons (Fsp3) is 0.630. The monoisotopic (exact) mass is 487 g/mol. The number of rotatable bonds is 9. The summed E-state index contributed by atoms with van der Waals surface area (Å²) in [6.07, 6.45) is 10.8. The van der Waals surface area contributed by atoms with Crippen molar-refractivity contribution in [1.29, 1.82) is 0 Å². The average Bonchev–Trinajstić information content (AvgIpc) is 3.29. The minimum atomic E-state index is -0.533. The fourth-order valence-electron chi connectivity index (χ4n) is 5.47. The highest BCUT2D eigenvalue weighted by molar-refractivity contribution is 5.94. The van der Waals surface area contributed by atoms with E-state index in [0.29, 0.717) is 30.6 Å². The zero-order valence-corrected chi connectivity index (χ0v) is 21.2. The maximum absolute atomic E-state index is 14.3. The van der Waals surface area contributed by atoms with Gasteiger partial charge in [0.05, 0.1) is 17.9 Å². The van der Waals surface area contributed by atoms with E-state index >= 15 is 0 Å². The molecular weight excluding hydrogens is 448 g/mol. The number of benzene rings is 1. The molecule has 0 bridgehead atoms. The molecule has 4 rings (SSSR count). The number of hydrogen-bond donors (Lipinski definition) is 2. The van der Waals surface area contributed by atoms with Gasteiger partial charge in [0.15, 0.2) is 5.82 Å². The first kappa shape index (κ1) is 25.8. The van der Waals surface area contributed by atoms with E-state index in [2.05, 4.69) is 38.9 Å². The number of nitrogens with zero attached hydrogens (tertiary/aromatic N) is 3. The number of aromatic nitrogens is 2. The van der Waals surface area contributed by atoms with Gasteiger partial charge in [0.1, 0.15) is 11.6 Å². The Morgan fingerprint density at radius 1 is 1.23 bits per heavy atom. The standard InChI is InChI=1S/C27H39F2N5O/c1-4-8-24(31-21-10-9-19-13-20(28)14-23(29)22(19)15-21)26(35)32-25-16-34(18-30-25)27(2,3)17-33-11-6-5-7-12-33/h13-14,16,18,21,24,31H,4-12,15,17H2,1-3H3,(H,32,35). The molecule has 1 amide bonds. The molecule has 2 atom stereocenters. The molecular formula is C27H39F2N5O. The van der Waals surface area contributed by atoms with Crippen LogP contribution in [0.4, 0.5) is 14.6 Å². The summed E-state index contributed by atoms with van der Waals surface area (Å²) in [6.45, 7) is 9.65. The van der Waals surface area contributed by atoms with Gasteiger partial charge in [0.2, 0.25) is 5.91 Å². The van der Waals surface area contributed by atoms with Gasteiger partial charge in [-0.3, -0.25) is 4.79 Å². The van der Waals surface area contributed by atoms with Gasteiger partial charge in [-0.1, -0.05) is 19.8 Å². The summed E-state index contributed by atoms with van der Waals surface area (Å²) in [6, 6.07) is 1.93. The fourth-order valence-corrected chi connectivity index (χ4v) is 5.47. The Hall–Kier alpha value is -2.32. The number of carbonyl (C=O) groups excluding carboxylic acids is 1. The Morgan fingerprint density at radius 2 is 2.00 bits per heavy atom. The first-order valence-electron chi connectivity index (χ1n) is 13.1. The Balaban J connectivity index is 1.37. The lowest BCUT2D eigenvalue weighted by molar-refractivity contribution is -0.118. The molecule has 2 aromatic rings. The van der Waals surface area contributed by atoms with Crippen molar-refractivity contribution in [2.75, 3.05) is 25.0 Å². The summed E-state index contributed by atoms with van der Waals surface area (Å²) in [7, 11) is 0. The van der Waals surface area contributed by atoms with Crippen molar-refractivity contribution in [1.82, 2.24) is 19.8 Å². The van der Waals surface area contributed by atoms with Crippen LogP contribution in [0.3, 0.4) is 0 Å². The SMILES string of the molecule is CCCC(NC1CCc2cc(F)cc(F)c2C1)C(=O)Nc1cn(C(C)(C)CN2CCCCC2)cn1. The normalized spacial score (nSPS) is 19.9. The highest BCUT2D eigenvalue weighted by Crippen LogP contribution is 2.26. The highest BCUT2D eigenvalue weighted by atomic mass is 19.1. The van der Waals surface area contributed by atoms with Crippen molar-refractivity contribution in [3.8, 4) is 0 Å². The minimum absolute atomic E-state index is 0.0363. The molecule has 2 N–H and O–H groups in total. The Morgan fingerprint density at radius 3 is 2.74 bits per heavy atom. The van der Waals surface area contributed by atoms with Crippen LogP contribution in [-0.4, -0.2) is 52.1 Å². The lowest BCUT2D eigenvalue weighted by Gasteiger charge is -2.35. The third kappa shape index (κ3) is 6.47. The molecule has 2 unspecified atom stereocenters. The molecule has 0 saturated carbocycles. The van der Waals surface area contributed by atoms with Gasteiger partial charge in [-0.25, -0.2) is 13.8 Å². The van der Waals surface area contributed by atoms with E-state index in [1.54, 1.807) is 6.33 Å². The van der Waals surface area contributed by atoms with Crippen LogP contribution in [0.2, 0.25) is 0 Å². The van der Waals surface area contributed by atoms with Gasteiger partial charge in [0.25, 0.3) is 0 Å². The van der Waals surface area contributed by atoms with Gasteiger partial charge in [-0.05, 0) is 82.7 Å². The summed E-state index contributed by atoms with van der Waals surface area (Å²) in [5, 5.41) is 6.42. The lowest BCUT2D eigenvalue weighted by atomic mass is 9.87. The van der Waals surface area contributed by atoms with Crippen LogP contribution in [-0.2, 0) is 23.2 Å². The number of amides is 1. The zero-order chi connectivity index (χ0) is 25.0. The van der Waals surface area contributed by atoms with Gasteiger partial charge in [-0.2, -0.15) is 0 Å². The number of carbonyl (C=O) groups is 1. The van der Waals surface area contributed by atoms with E-state index in [9.17, 15) is 13.6 Å². The predicted octanol–water partition coefficient (Wildman–Crippen LogP) is 4.64. The third-order valence-corrected chi connectivity index (χ3v) is 7.39. The molecule has 0 radical (unpaired) electrons. The smallest absolute Gasteiger partial charge is 0.242 e. The zero-order valence-electron chi connectivity index (χ0n) is 21.2. The second kappa shape index (κ2) is 11.2. The number of halogens is 2. The number of fused-ring (bicyclic) bond motifs is 1. The average molecular weight is 488 g/mol. The number of piperidine rings is 1. The van der Waals surface area contributed by atoms with Gasteiger partial charge < -0.3 is 20.1 Å². The van der Waals surface area contributed by atoms with Crippen LogP contribution in [0, 0.1) is 11.6 Å². The van der Waals surface area contributed by atoms with E-state index in [1.807, 2.05) is 13.1 Å². The Bertz CT molecular complexity index is 1010. The molecule has 2 heterocycles. The topological polar surface area (TPSA) is 62.2 Å². The number of likely N-dealkylation sites (tertiary alicyclic amines) is 1. The Kier molecular flexibility index (Phi) is 8.22. The van der Waals surface area contributed by atoms with E-state index in [-0.39, 0.29) is 17.5 Å². The molecule has 192 valence electrons. The summed E-state index contributed by atoms with van der Waals surface area (Å²) >= 11 is 0. The van der Waals surface area contributed by atoms with E-state index in [4.69, 9.17) is 0 Å². The third-order valence-electron chi connectivity index (χ3n) is 7.39. The highest BCUT2D eigenvalue weighted by Gasteiger charge is 2.28.